The normalized spacial score (nSPS) is 14.0. The number of rotatable bonds is 7. The molecule has 26 heavy (non-hydrogen) atoms. The van der Waals surface area contributed by atoms with E-state index < -0.39 is 0 Å². The van der Waals surface area contributed by atoms with Crippen LogP contribution in [0, 0.1) is 12.8 Å². The van der Waals surface area contributed by atoms with E-state index in [4.69, 9.17) is 22.1 Å². The van der Waals surface area contributed by atoms with E-state index in [1.807, 2.05) is 6.92 Å². The average molecular weight is 439 g/mol. The molecule has 1 atom stereocenters. The van der Waals surface area contributed by atoms with E-state index in [9.17, 15) is 4.79 Å². The second-order valence-corrected chi connectivity index (χ2v) is 7.44. The van der Waals surface area contributed by atoms with Gasteiger partial charge < -0.3 is 15.8 Å². The molecular weight excluding hydrogens is 417 g/mol. The van der Waals surface area contributed by atoms with Crippen molar-refractivity contribution in [1.29, 1.82) is 0 Å². The Morgan fingerprint density at radius 3 is 2.62 bits per heavy atom. The molecule has 1 unspecified atom stereocenters. The van der Waals surface area contributed by atoms with Crippen molar-refractivity contribution in [1.82, 2.24) is 10.3 Å². The SMILES string of the molecule is Cc1nc(COc2ccc(Cl)cc2)sc1C(=O)NC(CN)C1CC1.Cl.Cl. The first-order valence-corrected chi connectivity index (χ1v) is 9.12. The molecule has 1 heterocycles. The molecule has 9 heteroatoms. The van der Waals surface area contributed by atoms with Crippen LogP contribution in [0.1, 0.15) is 33.2 Å². The fourth-order valence-corrected chi connectivity index (χ4v) is 3.51. The molecule has 1 amide bonds. The number of halogens is 3. The Labute approximate surface area is 174 Å². The molecule has 1 saturated carbocycles. The molecule has 0 spiro atoms. The molecule has 1 aromatic heterocycles. The van der Waals surface area contributed by atoms with Crippen molar-refractivity contribution >= 4 is 53.7 Å². The summed E-state index contributed by atoms with van der Waals surface area (Å²) in [6, 6.07) is 7.21. The first-order chi connectivity index (χ1) is 11.6. The highest BCUT2D eigenvalue weighted by Crippen LogP contribution is 2.32. The number of hydrogen-bond donors (Lipinski definition) is 2. The van der Waals surface area contributed by atoms with E-state index in [1.54, 1.807) is 24.3 Å². The van der Waals surface area contributed by atoms with Crippen molar-refractivity contribution in [2.75, 3.05) is 6.54 Å². The number of thiazole rings is 1. The summed E-state index contributed by atoms with van der Waals surface area (Å²) in [5.41, 5.74) is 6.47. The Balaban J connectivity index is 0.00000169. The molecule has 2 aromatic rings. The zero-order valence-electron chi connectivity index (χ0n) is 14.2. The second kappa shape index (κ2) is 10.3. The molecule has 0 bridgehead atoms. The standard InChI is InChI=1S/C17H20ClN3O2S.2ClH/c1-10-16(17(22)21-14(8-19)11-2-3-11)24-15(20-10)9-23-13-6-4-12(18)5-7-13;;/h4-7,11,14H,2-3,8-9,19H2,1H3,(H,21,22);2*1H. The summed E-state index contributed by atoms with van der Waals surface area (Å²) in [7, 11) is 0. The van der Waals surface area contributed by atoms with Gasteiger partial charge in [0.15, 0.2) is 0 Å². The van der Waals surface area contributed by atoms with Crippen molar-refractivity contribution in [2.24, 2.45) is 11.7 Å². The van der Waals surface area contributed by atoms with Gasteiger partial charge in [0.1, 0.15) is 22.2 Å². The molecule has 1 aliphatic carbocycles. The van der Waals surface area contributed by atoms with Gasteiger partial charge in [0, 0.05) is 17.6 Å². The van der Waals surface area contributed by atoms with Crippen LogP contribution >= 0.6 is 47.8 Å². The molecule has 3 N–H and O–H groups in total. The highest BCUT2D eigenvalue weighted by atomic mass is 35.5. The van der Waals surface area contributed by atoms with Crippen LogP contribution in [0.3, 0.4) is 0 Å². The summed E-state index contributed by atoms with van der Waals surface area (Å²) in [6.45, 7) is 2.63. The largest absolute Gasteiger partial charge is 0.486 e. The number of carbonyl (C=O) groups excluding carboxylic acids is 1. The van der Waals surface area contributed by atoms with Gasteiger partial charge in [-0.3, -0.25) is 4.79 Å². The maximum Gasteiger partial charge on any atom is 0.263 e. The fraction of sp³-hybridized carbons (Fsp3) is 0.412. The number of hydrogen-bond acceptors (Lipinski definition) is 5. The molecule has 1 aliphatic rings. The molecular formula is C17H22Cl3N3O2S. The maximum atomic E-state index is 12.4. The average Bonchev–Trinajstić information content (AvgIpc) is 3.34. The van der Waals surface area contributed by atoms with Gasteiger partial charge in [-0.2, -0.15) is 0 Å². The number of carbonyl (C=O) groups is 1. The highest BCUT2D eigenvalue weighted by molar-refractivity contribution is 7.13. The number of aromatic nitrogens is 1. The van der Waals surface area contributed by atoms with Gasteiger partial charge in [-0.25, -0.2) is 4.98 Å². The van der Waals surface area contributed by atoms with Gasteiger partial charge in [0.25, 0.3) is 5.91 Å². The predicted molar refractivity (Wildman–Crippen MR) is 110 cm³/mol. The van der Waals surface area contributed by atoms with Gasteiger partial charge in [-0.1, -0.05) is 11.6 Å². The van der Waals surface area contributed by atoms with Gasteiger partial charge in [0.05, 0.1) is 5.69 Å². The monoisotopic (exact) mass is 437 g/mol. The Morgan fingerprint density at radius 1 is 1.38 bits per heavy atom. The number of aryl methyl sites for hydroxylation is 1. The van der Waals surface area contributed by atoms with Crippen LogP contribution in [0.25, 0.3) is 0 Å². The molecule has 1 fully saturated rings. The summed E-state index contributed by atoms with van der Waals surface area (Å²) in [6.07, 6.45) is 2.29. The predicted octanol–water partition coefficient (Wildman–Crippen LogP) is 3.99. The Bertz CT molecular complexity index is 721. The van der Waals surface area contributed by atoms with Crippen LogP contribution in [-0.2, 0) is 6.61 Å². The number of nitrogens with two attached hydrogens (primary N) is 1. The van der Waals surface area contributed by atoms with Crippen LogP contribution in [0.2, 0.25) is 5.02 Å². The van der Waals surface area contributed by atoms with Crippen LogP contribution < -0.4 is 15.8 Å². The number of nitrogens with one attached hydrogen (secondary N) is 1. The molecule has 0 saturated heterocycles. The van der Waals surface area contributed by atoms with E-state index >= 15 is 0 Å². The van der Waals surface area contributed by atoms with Crippen molar-refractivity contribution in [3.63, 3.8) is 0 Å². The van der Waals surface area contributed by atoms with Crippen LogP contribution in [0.4, 0.5) is 0 Å². The lowest BCUT2D eigenvalue weighted by atomic mass is 10.2. The zero-order chi connectivity index (χ0) is 17.1. The van der Waals surface area contributed by atoms with Gasteiger partial charge in [0.2, 0.25) is 0 Å². The minimum absolute atomic E-state index is 0. The van der Waals surface area contributed by atoms with E-state index in [-0.39, 0.29) is 36.8 Å². The fourth-order valence-electron chi connectivity index (χ4n) is 2.50. The Morgan fingerprint density at radius 2 is 2.04 bits per heavy atom. The van der Waals surface area contributed by atoms with Gasteiger partial charge in [-0.05, 0) is 49.9 Å². The minimum Gasteiger partial charge on any atom is -0.486 e. The van der Waals surface area contributed by atoms with Crippen LogP contribution in [0.15, 0.2) is 24.3 Å². The summed E-state index contributed by atoms with van der Waals surface area (Å²) in [4.78, 5) is 17.5. The quantitative estimate of drug-likeness (QED) is 0.685. The first-order valence-electron chi connectivity index (χ1n) is 7.92. The van der Waals surface area contributed by atoms with E-state index in [0.29, 0.717) is 29.0 Å². The van der Waals surface area contributed by atoms with Crippen molar-refractivity contribution in [2.45, 2.75) is 32.4 Å². The van der Waals surface area contributed by atoms with Crippen molar-refractivity contribution < 1.29 is 9.53 Å². The minimum atomic E-state index is -0.0925. The van der Waals surface area contributed by atoms with E-state index in [1.165, 1.54) is 11.3 Å². The number of ether oxygens (including phenoxy) is 1. The number of nitrogens with zero attached hydrogens (tertiary/aromatic N) is 1. The molecule has 1 aromatic carbocycles. The Kier molecular flexibility index (Phi) is 9.13. The third-order valence-electron chi connectivity index (χ3n) is 3.98. The van der Waals surface area contributed by atoms with Gasteiger partial charge in [-0.15, -0.1) is 36.2 Å². The summed E-state index contributed by atoms with van der Waals surface area (Å²) >= 11 is 7.21. The van der Waals surface area contributed by atoms with Crippen LogP contribution in [-0.4, -0.2) is 23.5 Å². The summed E-state index contributed by atoms with van der Waals surface area (Å²) in [5, 5.41) is 4.46. The number of amides is 1. The third-order valence-corrected chi connectivity index (χ3v) is 5.37. The molecule has 0 aliphatic heterocycles. The first kappa shape index (κ1) is 23.0. The smallest absolute Gasteiger partial charge is 0.263 e. The lowest BCUT2D eigenvalue weighted by molar-refractivity contribution is 0.0937. The third kappa shape index (κ3) is 5.99. The van der Waals surface area contributed by atoms with E-state index in [0.717, 1.165) is 29.3 Å². The highest BCUT2D eigenvalue weighted by Gasteiger charge is 2.32. The summed E-state index contributed by atoms with van der Waals surface area (Å²) in [5.74, 6) is 1.15. The second-order valence-electron chi connectivity index (χ2n) is 5.92. The van der Waals surface area contributed by atoms with Crippen molar-refractivity contribution in [3.05, 3.63) is 44.9 Å². The van der Waals surface area contributed by atoms with Crippen molar-refractivity contribution in [3.8, 4) is 5.75 Å². The molecule has 5 nitrogen and oxygen atoms in total. The maximum absolute atomic E-state index is 12.4. The van der Waals surface area contributed by atoms with Gasteiger partial charge >= 0.3 is 0 Å². The Hall–Kier alpha value is -1.05. The molecule has 144 valence electrons. The molecule has 0 radical (unpaired) electrons. The summed E-state index contributed by atoms with van der Waals surface area (Å²) < 4.78 is 5.68. The van der Waals surface area contributed by atoms with Crippen LogP contribution in [0.5, 0.6) is 5.75 Å². The lowest BCUT2D eigenvalue weighted by Crippen LogP contribution is -2.41. The lowest BCUT2D eigenvalue weighted by Gasteiger charge is -2.15. The topological polar surface area (TPSA) is 77.2 Å². The molecule has 3 rings (SSSR count). The number of benzene rings is 1. The van der Waals surface area contributed by atoms with E-state index in [2.05, 4.69) is 10.3 Å². The zero-order valence-corrected chi connectivity index (χ0v) is 17.4.